The van der Waals surface area contributed by atoms with Gasteiger partial charge in [0.2, 0.25) is 11.8 Å². The van der Waals surface area contributed by atoms with Crippen molar-refractivity contribution in [2.45, 2.75) is 13.3 Å². The molecule has 0 unspecified atom stereocenters. The van der Waals surface area contributed by atoms with Crippen LogP contribution in [0.15, 0.2) is 34.9 Å². The summed E-state index contributed by atoms with van der Waals surface area (Å²) in [6.07, 6.45) is 2.97. The van der Waals surface area contributed by atoms with Crippen molar-refractivity contribution in [1.29, 1.82) is 5.26 Å². The van der Waals surface area contributed by atoms with Crippen LogP contribution >= 0.6 is 11.6 Å². The van der Waals surface area contributed by atoms with Gasteiger partial charge >= 0.3 is 0 Å². The highest BCUT2D eigenvalue weighted by Crippen LogP contribution is 2.27. The fraction of sp³-hybridized carbons (Fsp3) is 0.353. The number of halogens is 1. The molecule has 1 aliphatic rings. The number of rotatable bonds is 4. The minimum atomic E-state index is -0.205. The van der Waals surface area contributed by atoms with Crippen molar-refractivity contribution in [2.75, 3.05) is 18.4 Å². The summed E-state index contributed by atoms with van der Waals surface area (Å²) in [5, 5.41) is 16.2. The van der Waals surface area contributed by atoms with Crippen LogP contribution in [0.4, 0.5) is 5.88 Å². The third kappa shape index (κ3) is 3.52. The first kappa shape index (κ1) is 16.3. The zero-order valence-electron chi connectivity index (χ0n) is 13.2. The monoisotopic (exact) mass is 344 g/mol. The number of nitrogens with one attached hydrogen (secondary N) is 1. The lowest BCUT2D eigenvalue weighted by Gasteiger charge is -2.17. The molecular formula is C17H17ClN4O2. The average molecular weight is 345 g/mol. The van der Waals surface area contributed by atoms with Gasteiger partial charge in [0.15, 0.2) is 6.19 Å². The van der Waals surface area contributed by atoms with Gasteiger partial charge < -0.3 is 9.42 Å². The van der Waals surface area contributed by atoms with Gasteiger partial charge in [0, 0.05) is 35.7 Å². The summed E-state index contributed by atoms with van der Waals surface area (Å²) in [7, 11) is 0. The molecule has 0 spiro atoms. The van der Waals surface area contributed by atoms with Gasteiger partial charge in [-0.15, -0.1) is 0 Å². The summed E-state index contributed by atoms with van der Waals surface area (Å²) in [4.78, 5) is 14.1. The molecule has 24 heavy (non-hydrogen) atoms. The highest BCUT2D eigenvalue weighted by Gasteiger charge is 2.31. The zero-order chi connectivity index (χ0) is 17.1. The molecule has 1 N–H and O–H groups in total. The molecule has 124 valence electrons. The Morgan fingerprint density at radius 2 is 2.38 bits per heavy atom. The van der Waals surface area contributed by atoms with Crippen LogP contribution in [0.25, 0.3) is 11.3 Å². The Labute approximate surface area is 145 Å². The van der Waals surface area contributed by atoms with Crippen molar-refractivity contribution >= 4 is 23.4 Å². The summed E-state index contributed by atoms with van der Waals surface area (Å²) < 4.78 is 5.20. The number of hydrogen-bond acceptors (Lipinski definition) is 5. The second-order valence-electron chi connectivity index (χ2n) is 5.96. The highest BCUT2D eigenvalue weighted by molar-refractivity contribution is 6.30. The van der Waals surface area contributed by atoms with Crippen molar-refractivity contribution in [2.24, 2.45) is 11.8 Å². The number of nitrogens with zero attached hydrogens (tertiary/aromatic N) is 3. The summed E-state index contributed by atoms with van der Waals surface area (Å²) in [6, 6.07) is 8.93. The fourth-order valence-electron chi connectivity index (χ4n) is 2.85. The van der Waals surface area contributed by atoms with Crippen LogP contribution in [-0.2, 0) is 4.79 Å². The van der Waals surface area contributed by atoms with E-state index in [2.05, 4.69) is 16.7 Å². The van der Waals surface area contributed by atoms with Crippen molar-refractivity contribution in [3.8, 4) is 17.5 Å². The lowest BCUT2D eigenvalue weighted by atomic mass is 9.92. The molecule has 2 aromatic rings. The van der Waals surface area contributed by atoms with Crippen LogP contribution in [-0.4, -0.2) is 29.1 Å². The van der Waals surface area contributed by atoms with Crippen LogP contribution in [0.1, 0.15) is 13.3 Å². The van der Waals surface area contributed by atoms with Crippen molar-refractivity contribution < 1.29 is 9.32 Å². The average Bonchev–Trinajstić information content (AvgIpc) is 3.23. The lowest BCUT2D eigenvalue weighted by molar-refractivity contribution is -0.120. The van der Waals surface area contributed by atoms with Gasteiger partial charge in [0.25, 0.3) is 0 Å². The van der Waals surface area contributed by atoms with Crippen LogP contribution < -0.4 is 5.32 Å². The number of amides is 1. The molecule has 2 heterocycles. The van der Waals surface area contributed by atoms with E-state index < -0.39 is 0 Å². The molecule has 0 radical (unpaired) electrons. The van der Waals surface area contributed by atoms with E-state index in [4.69, 9.17) is 21.4 Å². The molecule has 7 heteroatoms. The van der Waals surface area contributed by atoms with Crippen LogP contribution in [0, 0.1) is 23.3 Å². The van der Waals surface area contributed by atoms with E-state index in [9.17, 15) is 4.79 Å². The number of carbonyl (C=O) groups excluding carboxylic acids is 1. The van der Waals surface area contributed by atoms with E-state index in [-0.39, 0.29) is 17.7 Å². The van der Waals surface area contributed by atoms with Crippen molar-refractivity contribution in [1.82, 2.24) is 10.1 Å². The second kappa shape index (κ2) is 6.93. The van der Waals surface area contributed by atoms with Gasteiger partial charge in [-0.1, -0.05) is 35.8 Å². The number of carbonyl (C=O) groups is 1. The smallest absolute Gasteiger partial charge is 0.231 e. The Hall–Kier alpha value is -2.52. The SMILES string of the molecule is C[C@@H](C(=O)Nc1cc(-c2cccc(Cl)c2)no1)[C@@H]1CCN(C#N)C1. The summed E-state index contributed by atoms with van der Waals surface area (Å²) in [5.74, 6) is 0.133. The Morgan fingerprint density at radius 1 is 1.54 bits per heavy atom. The van der Waals surface area contributed by atoms with Gasteiger partial charge in [-0.05, 0) is 24.5 Å². The predicted octanol–water partition coefficient (Wildman–Crippen LogP) is 3.37. The van der Waals surface area contributed by atoms with Crippen LogP contribution in [0.3, 0.4) is 0 Å². The maximum atomic E-state index is 12.4. The number of benzene rings is 1. The Bertz CT molecular complexity index is 783. The molecule has 1 aromatic carbocycles. The first-order valence-corrected chi connectivity index (χ1v) is 8.13. The largest absolute Gasteiger partial charge is 0.338 e. The minimum Gasteiger partial charge on any atom is -0.338 e. The number of likely N-dealkylation sites (tertiary alicyclic amines) is 1. The van der Waals surface area contributed by atoms with Gasteiger partial charge in [-0.2, -0.15) is 5.26 Å². The molecule has 1 aliphatic heterocycles. The Morgan fingerprint density at radius 3 is 3.08 bits per heavy atom. The summed E-state index contributed by atoms with van der Waals surface area (Å²) in [5.41, 5.74) is 1.43. The molecule has 1 aromatic heterocycles. The first-order valence-electron chi connectivity index (χ1n) is 7.75. The topological polar surface area (TPSA) is 82.2 Å². The molecule has 2 atom stereocenters. The van der Waals surface area contributed by atoms with E-state index in [1.54, 1.807) is 23.1 Å². The molecule has 0 bridgehead atoms. The molecule has 0 saturated carbocycles. The normalized spacial score (nSPS) is 18.2. The molecule has 0 aliphatic carbocycles. The Kier molecular flexibility index (Phi) is 4.72. The fourth-order valence-corrected chi connectivity index (χ4v) is 3.04. The summed E-state index contributed by atoms with van der Waals surface area (Å²) in [6.45, 7) is 3.20. The van der Waals surface area contributed by atoms with Crippen molar-refractivity contribution in [3.05, 3.63) is 35.4 Å². The summed E-state index contributed by atoms with van der Waals surface area (Å²) >= 11 is 5.97. The zero-order valence-corrected chi connectivity index (χ0v) is 14.0. The van der Waals surface area contributed by atoms with E-state index in [1.165, 1.54) is 0 Å². The van der Waals surface area contributed by atoms with Crippen LogP contribution in [0.2, 0.25) is 5.02 Å². The molecule has 1 amide bonds. The molecule has 6 nitrogen and oxygen atoms in total. The van der Waals surface area contributed by atoms with Gasteiger partial charge in [0.1, 0.15) is 5.69 Å². The first-order chi connectivity index (χ1) is 11.6. The third-order valence-electron chi connectivity index (χ3n) is 4.36. The maximum absolute atomic E-state index is 12.4. The van der Waals surface area contributed by atoms with E-state index in [0.29, 0.717) is 29.7 Å². The van der Waals surface area contributed by atoms with Gasteiger partial charge in [0.05, 0.1) is 0 Å². The van der Waals surface area contributed by atoms with Gasteiger partial charge in [-0.3, -0.25) is 10.1 Å². The van der Waals surface area contributed by atoms with Crippen LogP contribution in [0.5, 0.6) is 0 Å². The third-order valence-corrected chi connectivity index (χ3v) is 4.60. The van der Waals surface area contributed by atoms with Gasteiger partial charge in [-0.25, -0.2) is 0 Å². The van der Waals surface area contributed by atoms with E-state index in [1.807, 2.05) is 19.1 Å². The lowest BCUT2D eigenvalue weighted by Crippen LogP contribution is -2.28. The standard InChI is InChI=1S/C17H17ClN4O2/c1-11(13-5-6-22(9-13)10-19)17(23)20-16-8-15(21-24-16)12-3-2-4-14(18)7-12/h2-4,7-8,11,13H,5-6,9H2,1H3,(H,20,23)/t11-,13-/m1/s1. The predicted molar refractivity (Wildman–Crippen MR) is 90.0 cm³/mol. The quantitative estimate of drug-likeness (QED) is 0.860. The number of aromatic nitrogens is 1. The molecular weight excluding hydrogens is 328 g/mol. The van der Waals surface area contributed by atoms with E-state index >= 15 is 0 Å². The Balaban J connectivity index is 1.64. The highest BCUT2D eigenvalue weighted by atomic mass is 35.5. The number of nitriles is 1. The van der Waals surface area contributed by atoms with Crippen molar-refractivity contribution in [3.63, 3.8) is 0 Å². The minimum absolute atomic E-state index is 0.131. The number of anilines is 1. The van der Waals surface area contributed by atoms with E-state index in [0.717, 1.165) is 12.0 Å². The second-order valence-corrected chi connectivity index (χ2v) is 6.40. The maximum Gasteiger partial charge on any atom is 0.231 e. The molecule has 3 rings (SSSR count). The molecule has 1 fully saturated rings. The molecule has 1 saturated heterocycles. The number of hydrogen-bond donors (Lipinski definition) is 1.